The first-order chi connectivity index (χ1) is 8.01. The van der Waals surface area contributed by atoms with Gasteiger partial charge in [-0.1, -0.05) is 24.3 Å². The van der Waals surface area contributed by atoms with E-state index >= 15 is 0 Å². The number of rotatable bonds is 4. The quantitative estimate of drug-likeness (QED) is 0.830. The van der Waals surface area contributed by atoms with Crippen molar-refractivity contribution in [3.8, 4) is 0 Å². The van der Waals surface area contributed by atoms with E-state index in [0.717, 1.165) is 24.0 Å². The molecule has 2 rings (SSSR count). The highest BCUT2D eigenvalue weighted by Crippen LogP contribution is 2.44. The van der Waals surface area contributed by atoms with Crippen LogP contribution in [0.1, 0.15) is 37.8 Å². The highest BCUT2D eigenvalue weighted by Gasteiger charge is 2.41. The summed E-state index contributed by atoms with van der Waals surface area (Å²) in [6.07, 6.45) is 2.47. The van der Waals surface area contributed by atoms with E-state index in [0.29, 0.717) is 6.42 Å². The lowest BCUT2D eigenvalue weighted by atomic mass is 9.96. The number of hydrogen-bond acceptors (Lipinski definition) is 2. The molecular weight excluding hydrogens is 212 g/mol. The van der Waals surface area contributed by atoms with Gasteiger partial charge in [-0.15, -0.1) is 0 Å². The van der Waals surface area contributed by atoms with Crippen molar-refractivity contribution in [3.63, 3.8) is 0 Å². The van der Waals surface area contributed by atoms with Crippen LogP contribution in [0.3, 0.4) is 0 Å². The van der Waals surface area contributed by atoms with E-state index in [4.69, 9.17) is 5.73 Å². The topological polar surface area (TPSA) is 55.1 Å². The van der Waals surface area contributed by atoms with E-state index in [9.17, 15) is 4.79 Å². The zero-order valence-corrected chi connectivity index (χ0v) is 10.5. The Labute approximate surface area is 102 Å². The number of hydrogen-bond donors (Lipinski definition) is 2. The lowest BCUT2D eigenvalue weighted by molar-refractivity contribution is -0.120. The van der Waals surface area contributed by atoms with Crippen LogP contribution in [0.4, 0.5) is 0 Å². The highest BCUT2D eigenvalue weighted by atomic mass is 16.1. The molecule has 17 heavy (non-hydrogen) atoms. The third kappa shape index (κ3) is 2.86. The van der Waals surface area contributed by atoms with Crippen LogP contribution < -0.4 is 11.1 Å². The van der Waals surface area contributed by atoms with Crippen molar-refractivity contribution >= 4 is 5.91 Å². The summed E-state index contributed by atoms with van der Waals surface area (Å²) in [6, 6.07) is 8.19. The van der Waals surface area contributed by atoms with Gasteiger partial charge in [0, 0.05) is 11.6 Å². The normalized spacial score (nSPS) is 16.9. The summed E-state index contributed by atoms with van der Waals surface area (Å²) in [5, 5.41) is 2.91. The molecule has 3 N–H and O–H groups in total. The average molecular weight is 232 g/mol. The molecule has 92 valence electrons. The Balaban J connectivity index is 2.13. The summed E-state index contributed by atoms with van der Waals surface area (Å²) in [7, 11) is 0. The average Bonchev–Trinajstić information content (AvgIpc) is 2.97. The van der Waals surface area contributed by atoms with E-state index in [1.807, 2.05) is 38.1 Å². The molecule has 0 radical (unpaired) electrons. The van der Waals surface area contributed by atoms with Gasteiger partial charge in [0.15, 0.2) is 0 Å². The van der Waals surface area contributed by atoms with E-state index in [-0.39, 0.29) is 17.5 Å². The van der Waals surface area contributed by atoms with Gasteiger partial charge in [0.05, 0.1) is 6.42 Å². The molecule has 1 fully saturated rings. The molecule has 0 heterocycles. The molecule has 0 aromatic heterocycles. The Kier molecular flexibility index (Phi) is 3.20. The summed E-state index contributed by atoms with van der Waals surface area (Å²) in [5.74, 6) is 0.0664. The Bertz CT molecular complexity index is 422. The third-order valence-corrected chi connectivity index (χ3v) is 3.14. The van der Waals surface area contributed by atoms with Gasteiger partial charge in [0.1, 0.15) is 0 Å². The summed E-state index contributed by atoms with van der Waals surface area (Å²) < 4.78 is 0. The monoisotopic (exact) mass is 232 g/mol. The van der Waals surface area contributed by atoms with Gasteiger partial charge in [-0.05, 0) is 37.8 Å². The van der Waals surface area contributed by atoms with Gasteiger partial charge < -0.3 is 11.1 Å². The van der Waals surface area contributed by atoms with E-state index in [1.165, 1.54) is 0 Å². The maximum atomic E-state index is 11.8. The number of benzene rings is 1. The molecule has 0 spiro atoms. The van der Waals surface area contributed by atoms with Crippen LogP contribution in [0.2, 0.25) is 0 Å². The molecule has 3 nitrogen and oxygen atoms in total. The van der Waals surface area contributed by atoms with E-state index in [1.54, 1.807) is 0 Å². The molecule has 0 saturated heterocycles. The lowest BCUT2D eigenvalue weighted by Crippen LogP contribution is -2.32. The second-order valence-corrected chi connectivity index (χ2v) is 5.21. The molecular formula is C14H20N2O. The molecule has 1 aromatic rings. The van der Waals surface area contributed by atoms with Crippen LogP contribution in [0.25, 0.3) is 0 Å². The molecule has 1 amide bonds. The minimum absolute atomic E-state index is 0.0664. The number of carbonyl (C=O) groups is 1. The second-order valence-electron chi connectivity index (χ2n) is 5.21. The lowest BCUT2D eigenvalue weighted by Gasteiger charge is -2.15. The molecule has 1 saturated carbocycles. The Hall–Kier alpha value is -1.35. The van der Waals surface area contributed by atoms with E-state index < -0.39 is 0 Å². The molecule has 0 bridgehead atoms. The predicted molar refractivity (Wildman–Crippen MR) is 68.5 cm³/mol. The zero-order chi connectivity index (χ0) is 12.5. The molecule has 3 heteroatoms. The minimum Gasteiger partial charge on any atom is -0.354 e. The molecule has 1 aliphatic carbocycles. The SMILES string of the molecule is CC(C)NC(=O)Cc1ccccc1C1(N)CC1. The van der Waals surface area contributed by atoms with Gasteiger partial charge in [0.25, 0.3) is 0 Å². The van der Waals surface area contributed by atoms with Gasteiger partial charge in [-0.25, -0.2) is 0 Å². The summed E-state index contributed by atoms with van der Waals surface area (Å²) >= 11 is 0. The van der Waals surface area contributed by atoms with Gasteiger partial charge >= 0.3 is 0 Å². The Morgan fingerprint density at radius 3 is 2.65 bits per heavy atom. The predicted octanol–water partition coefficient (Wildman–Crippen LogP) is 1.70. The number of carbonyl (C=O) groups excluding carboxylic acids is 1. The molecule has 0 aliphatic heterocycles. The minimum atomic E-state index is -0.172. The Morgan fingerprint density at radius 2 is 2.06 bits per heavy atom. The fourth-order valence-corrected chi connectivity index (χ4v) is 2.11. The van der Waals surface area contributed by atoms with Gasteiger partial charge in [0.2, 0.25) is 5.91 Å². The fraction of sp³-hybridized carbons (Fsp3) is 0.500. The summed E-state index contributed by atoms with van der Waals surface area (Å²) in [4.78, 5) is 11.8. The van der Waals surface area contributed by atoms with E-state index in [2.05, 4.69) is 5.32 Å². The number of nitrogens with two attached hydrogens (primary N) is 1. The first-order valence-electron chi connectivity index (χ1n) is 6.18. The Morgan fingerprint density at radius 1 is 1.41 bits per heavy atom. The van der Waals surface area contributed by atoms with Crippen molar-refractivity contribution in [2.24, 2.45) is 5.73 Å². The van der Waals surface area contributed by atoms with Crippen LogP contribution in [-0.2, 0) is 16.8 Å². The molecule has 1 aromatic carbocycles. The summed E-state index contributed by atoms with van der Waals surface area (Å²) in [6.45, 7) is 3.93. The van der Waals surface area contributed by atoms with Crippen LogP contribution in [0.15, 0.2) is 24.3 Å². The standard InChI is InChI=1S/C14H20N2O/c1-10(2)16-13(17)9-11-5-3-4-6-12(11)14(15)7-8-14/h3-6,10H,7-9,15H2,1-2H3,(H,16,17). The zero-order valence-electron chi connectivity index (χ0n) is 10.5. The fourth-order valence-electron chi connectivity index (χ4n) is 2.11. The van der Waals surface area contributed by atoms with Crippen molar-refractivity contribution in [3.05, 3.63) is 35.4 Å². The first-order valence-corrected chi connectivity index (χ1v) is 6.18. The summed E-state index contributed by atoms with van der Waals surface area (Å²) in [5.41, 5.74) is 8.24. The van der Waals surface area contributed by atoms with Crippen molar-refractivity contribution in [1.82, 2.24) is 5.32 Å². The van der Waals surface area contributed by atoms with Gasteiger partial charge in [-0.3, -0.25) is 4.79 Å². The van der Waals surface area contributed by atoms with Crippen LogP contribution in [0, 0.1) is 0 Å². The largest absolute Gasteiger partial charge is 0.354 e. The smallest absolute Gasteiger partial charge is 0.224 e. The third-order valence-electron chi connectivity index (χ3n) is 3.14. The van der Waals surface area contributed by atoms with Gasteiger partial charge in [-0.2, -0.15) is 0 Å². The van der Waals surface area contributed by atoms with Crippen LogP contribution in [0.5, 0.6) is 0 Å². The van der Waals surface area contributed by atoms with Crippen molar-refractivity contribution in [1.29, 1.82) is 0 Å². The van der Waals surface area contributed by atoms with Crippen LogP contribution in [-0.4, -0.2) is 11.9 Å². The molecule has 0 atom stereocenters. The molecule has 1 aliphatic rings. The van der Waals surface area contributed by atoms with Crippen molar-refractivity contribution in [2.75, 3.05) is 0 Å². The maximum absolute atomic E-state index is 11.8. The van der Waals surface area contributed by atoms with Crippen molar-refractivity contribution < 1.29 is 4.79 Å². The van der Waals surface area contributed by atoms with Crippen molar-refractivity contribution in [2.45, 2.75) is 44.7 Å². The second kappa shape index (κ2) is 4.49. The highest BCUT2D eigenvalue weighted by molar-refractivity contribution is 5.79. The van der Waals surface area contributed by atoms with Crippen LogP contribution >= 0.6 is 0 Å². The number of nitrogens with one attached hydrogen (secondary N) is 1. The molecule has 0 unspecified atom stereocenters. The first kappa shape index (κ1) is 12.1. The number of amides is 1. The maximum Gasteiger partial charge on any atom is 0.224 e.